The van der Waals surface area contributed by atoms with E-state index in [1.54, 1.807) is 6.07 Å². The summed E-state index contributed by atoms with van der Waals surface area (Å²) >= 11 is 0. The minimum atomic E-state index is -0.0736. The molecule has 1 N–H and O–H groups in total. The number of nitrogens with zero attached hydrogens (tertiary/aromatic N) is 4. The standard InChI is InChI=1S/C20H23N5O/c21-12-17-3-1-4-19(23-17)24-18-11-20(26-14-18)7-2-10-25(15-20)13-16-5-8-22-9-6-16/h1,3-6,8-9,18H,2,7,10-11,13-15H2,(H,23,24)/t18-,20+/m0/s1. The van der Waals surface area contributed by atoms with Gasteiger partial charge in [-0.05, 0) is 49.2 Å². The van der Waals surface area contributed by atoms with Crippen molar-refractivity contribution in [1.29, 1.82) is 5.26 Å². The van der Waals surface area contributed by atoms with Crippen molar-refractivity contribution in [1.82, 2.24) is 14.9 Å². The Morgan fingerprint density at radius 3 is 3.04 bits per heavy atom. The van der Waals surface area contributed by atoms with Crippen molar-refractivity contribution in [3.8, 4) is 6.07 Å². The van der Waals surface area contributed by atoms with Crippen LogP contribution in [0.2, 0.25) is 0 Å². The van der Waals surface area contributed by atoms with Crippen LogP contribution in [0.5, 0.6) is 0 Å². The molecule has 6 nitrogen and oxygen atoms in total. The molecule has 134 valence electrons. The van der Waals surface area contributed by atoms with Gasteiger partial charge in [-0.1, -0.05) is 6.07 Å². The average molecular weight is 349 g/mol. The van der Waals surface area contributed by atoms with Gasteiger partial charge >= 0.3 is 0 Å². The average Bonchev–Trinajstić information content (AvgIpc) is 3.04. The van der Waals surface area contributed by atoms with Gasteiger partial charge in [-0.2, -0.15) is 5.26 Å². The molecule has 4 heterocycles. The predicted octanol–water partition coefficient (Wildman–Crippen LogP) is 2.58. The Bertz CT molecular complexity index is 790. The lowest BCUT2D eigenvalue weighted by Gasteiger charge is -2.39. The molecule has 0 aliphatic carbocycles. The maximum Gasteiger partial charge on any atom is 0.142 e. The Labute approximate surface area is 153 Å². The maximum absolute atomic E-state index is 9.00. The fourth-order valence-electron chi connectivity index (χ4n) is 4.08. The number of nitrogens with one attached hydrogen (secondary N) is 1. The van der Waals surface area contributed by atoms with Gasteiger partial charge in [-0.25, -0.2) is 4.98 Å². The van der Waals surface area contributed by atoms with E-state index in [9.17, 15) is 0 Å². The summed E-state index contributed by atoms with van der Waals surface area (Å²) in [7, 11) is 0. The predicted molar refractivity (Wildman–Crippen MR) is 98.4 cm³/mol. The second kappa shape index (κ2) is 7.40. The van der Waals surface area contributed by atoms with E-state index < -0.39 is 0 Å². The first-order valence-corrected chi connectivity index (χ1v) is 9.14. The molecule has 6 heteroatoms. The van der Waals surface area contributed by atoms with E-state index in [2.05, 4.69) is 38.4 Å². The Balaban J connectivity index is 1.37. The highest BCUT2D eigenvalue weighted by Crippen LogP contribution is 2.36. The van der Waals surface area contributed by atoms with E-state index >= 15 is 0 Å². The fraction of sp³-hybridized carbons (Fsp3) is 0.450. The highest BCUT2D eigenvalue weighted by molar-refractivity contribution is 5.39. The molecule has 0 saturated carbocycles. The number of nitriles is 1. The first kappa shape index (κ1) is 17.0. The molecule has 2 saturated heterocycles. The highest BCUT2D eigenvalue weighted by atomic mass is 16.5. The second-order valence-corrected chi connectivity index (χ2v) is 7.23. The van der Waals surface area contributed by atoms with Crippen molar-refractivity contribution in [2.24, 2.45) is 0 Å². The number of piperidine rings is 1. The van der Waals surface area contributed by atoms with Gasteiger partial charge in [0.1, 0.15) is 17.6 Å². The Hall–Kier alpha value is -2.49. The number of hydrogen-bond donors (Lipinski definition) is 1. The van der Waals surface area contributed by atoms with E-state index in [1.807, 2.05) is 24.5 Å². The molecule has 2 atom stereocenters. The van der Waals surface area contributed by atoms with Gasteiger partial charge in [0.25, 0.3) is 0 Å². The number of aromatic nitrogens is 2. The molecule has 2 aliphatic rings. The first-order valence-electron chi connectivity index (χ1n) is 9.14. The lowest BCUT2D eigenvalue weighted by atomic mass is 9.88. The number of anilines is 1. The van der Waals surface area contributed by atoms with E-state index in [0.29, 0.717) is 12.3 Å². The summed E-state index contributed by atoms with van der Waals surface area (Å²) in [5, 5.41) is 12.4. The van der Waals surface area contributed by atoms with Gasteiger partial charge in [0.05, 0.1) is 18.2 Å². The van der Waals surface area contributed by atoms with Crippen molar-refractivity contribution >= 4 is 5.82 Å². The molecule has 26 heavy (non-hydrogen) atoms. The third-order valence-electron chi connectivity index (χ3n) is 5.20. The molecule has 4 rings (SSSR count). The first-order chi connectivity index (χ1) is 12.7. The summed E-state index contributed by atoms with van der Waals surface area (Å²) in [6.07, 6.45) is 6.93. The highest BCUT2D eigenvalue weighted by Gasteiger charge is 2.43. The summed E-state index contributed by atoms with van der Waals surface area (Å²) in [6, 6.07) is 12.0. The molecular weight excluding hydrogens is 326 g/mol. The zero-order valence-corrected chi connectivity index (χ0v) is 14.8. The van der Waals surface area contributed by atoms with Gasteiger partial charge < -0.3 is 10.1 Å². The Morgan fingerprint density at radius 2 is 2.19 bits per heavy atom. The van der Waals surface area contributed by atoms with E-state index in [1.165, 1.54) is 5.56 Å². The largest absolute Gasteiger partial charge is 0.371 e. The van der Waals surface area contributed by atoms with Crippen LogP contribution in [0.3, 0.4) is 0 Å². The van der Waals surface area contributed by atoms with Crippen molar-refractivity contribution in [3.63, 3.8) is 0 Å². The number of hydrogen-bond acceptors (Lipinski definition) is 6. The SMILES string of the molecule is N#Cc1cccc(N[C@@H]2CO[C@]3(CCCN(Cc4ccncc4)C3)C2)n1. The number of ether oxygens (including phenoxy) is 1. The molecule has 0 amide bonds. The minimum Gasteiger partial charge on any atom is -0.371 e. The fourth-order valence-corrected chi connectivity index (χ4v) is 4.08. The summed E-state index contributed by atoms with van der Waals surface area (Å²) in [5.41, 5.74) is 1.66. The molecule has 0 radical (unpaired) electrons. The normalized spacial score (nSPS) is 25.9. The quantitative estimate of drug-likeness (QED) is 0.914. The van der Waals surface area contributed by atoms with Gasteiger partial charge in [0, 0.05) is 31.9 Å². The molecule has 0 aromatic carbocycles. The van der Waals surface area contributed by atoms with Crippen LogP contribution in [0, 0.1) is 11.3 Å². The second-order valence-electron chi connectivity index (χ2n) is 7.23. The van der Waals surface area contributed by atoms with Crippen LogP contribution in [0.4, 0.5) is 5.82 Å². The Kier molecular flexibility index (Phi) is 4.83. The van der Waals surface area contributed by atoms with Crippen molar-refractivity contribution < 1.29 is 4.74 Å². The van der Waals surface area contributed by atoms with Crippen LogP contribution in [0.25, 0.3) is 0 Å². The number of likely N-dealkylation sites (tertiary alicyclic amines) is 1. The zero-order valence-electron chi connectivity index (χ0n) is 14.8. The smallest absolute Gasteiger partial charge is 0.142 e. The lowest BCUT2D eigenvalue weighted by molar-refractivity contribution is -0.0533. The molecule has 2 fully saturated rings. The van der Waals surface area contributed by atoms with Crippen LogP contribution < -0.4 is 5.32 Å². The zero-order chi connectivity index (χ0) is 17.8. The van der Waals surface area contributed by atoms with Gasteiger partial charge in [0.2, 0.25) is 0 Å². The van der Waals surface area contributed by atoms with Gasteiger partial charge in [0.15, 0.2) is 0 Å². The van der Waals surface area contributed by atoms with Crippen molar-refractivity contribution in [2.45, 2.75) is 37.5 Å². The third kappa shape index (κ3) is 3.85. The monoisotopic (exact) mass is 349 g/mol. The third-order valence-corrected chi connectivity index (χ3v) is 5.20. The lowest BCUT2D eigenvalue weighted by Crippen LogP contribution is -2.47. The molecule has 0 unspecified atom stereocenters. The summed E-state index contributed by atoms with van der Waals surface area (Å²) in [4.78, 5) is 10.9. The maximum atomic E-state index is 9.00. The summed E-state index contributed by atoms with van der Waals surface area (Å²) in [6.45, 7) is 3.69. The van der Waals surface area contributed by atoms with Crippen LogP contribution in [0.15, 0.2) is 42.7 Å². The molecular formula is C20H23N5O. The topological polar surface area (TPSA) is 74.1 Å². The van der Waals surface area contributed by atoms with Crippen molar-refractivity contribution in [3.05, 3.63) is 54.0 Å². The summed E-state index contributed by atoms with van der Waals surface area (Å²) < 4.78 is 6.28. The van der Waals surface area contributed by atoms with Crippen molar-refractivity contribution in [2.75, 3.05) is 25.0 Å². The number of rotatable bonds is 4. The van der Waals surface area contributed by atoms with E-state index in [0.717, 1.165) is 44.7 Å². The number of pyridine rings is 2. The van der Waals surface area contributed by atoms with Crippen LogP contribution >= 0.6 is 0 Å². The molecule has 2 aromatic heterocycles. The molecule has 2 aromatic rings. The minimum absolute atomic E-state index is 0.0736. The van der Waals surface area contributed by atoms with Gasteiger partial charge in [-0.15, -0.1) is 0 Å². The van der Waals surface area contributed by atoms with Crippen LogP contribution in [0.1, 0.15) is 30.5 Å². The molecule has 2 aliphatic heterocycles. The van der Waals surface area contributed by atoms with Crippen LogP contribution in [-0.4, -0.2) is 46.2 Å². The van der Waals surface area contributed by atoms with E-state index in [4.69, 9.17) is 10.00 Å². The van der Waals surface area contributed by atoms with E-state index in [-0.39, 0.29) is 11.6 Å². The summed E-state index contributed by atoms with van der Waals surface area (Å²) in [5.74, 6) is 0.749. The molecule has 1 spiro atoms. The Morgan fingerprint density at radius 1 is 1.31 bits per heavy atom. The molecule has 0 bridgehead atoms. The van der Waals surface area contributed by atoms with Gasteiger partial charge in [-0.3, -0.25) is 9.88 Å². The van der Waals surface area contributed by atoms with Crippen LogP contribution in [-0.2, 0) is 11.3 Å².